The summed E-state index contributed by atoms with van der Waals surface area (Å²) in [6.07, 6.45) is 6.44. The summed E-state index contributed by atoms with van der Waals surface area (Å²) in [4.78, 5) is 12.6. The number of rotatable bonds is 6. The van der Waals surface area contributed by atoms with Crippen molar-refractivity contribution >= 4 is 5.97 Å². The number of carbonyl (C=O) groups is 1. The molecule has 1 aliphatic rings. The van der Waals surface area contributed by atoms with Crippen molar-refractivity contribution in [3.8, 4) is 22.9 Å². The molecule has 3 nitrogen and oxygen atoms in total. The number of unbranched alkanes of at least 4 members (excludes halogenated alkanes) is 2. The highest BCUT2D eigenvalue weighted by atomic mass is 19.1. The topological polar surface area (TPSA) is 50.1 Å². The average Bonchev–Trinajstić information content (AvgIpc) is 2.78. The van der Waals surface area contributed by atoms with E-state index >= 15 is 0 Å². The number of nitrogens with zero attached hydrogens (tertiary/aromatic N) is 1. The van der Waals surface area contributed by atoms with Crippen LogP contribution in [-0.2, 0) is 19.3 Å². The van der Waals surface area contributed by atoms with Crippen LogP contribution in [0.15, 0.2) is 48.5 Å². The lowest BCUT2D eigenvalue weighted by Crippen LogP contribution is -2.12. The highest BCUT2D eigenvalue weighted by Gasteiger charge is 2.20. The molecule has 4 rings (SSSR count). The van der Waals surface area contributed by atoms with Gasteiger partial charge in [0.25, 0.3) is 0 Å². The van der Waals surface area contributed by atoms with Crippen LogP contribution in [0.5, 0.6) is 5.75 Å². The van der Waals surface area contributed by atoms with Gasteiger partial charge >= 0.3 is 5.97 Å². The molecule has 0 aliphatic heterocycles. The van der Waals surface area contributed by atoms with E-state index in [0.717, 1.165) is 42.5 Å². The van der Waals surface area contributed by atoms with E-state index in [2.05, 4.69) is 25.1 Å². The zero-order valence-corrected chi connectivity index (χ0v) is 17.9. The van der Waals surface area contributed by atoms with E-state index in [0.29, 0.717) is 5.56 Å². The van der Waals surface area contributed by atoms with Crippen LogP contribution in [0.25, 0.3) is 11.1 Å². The first-order chi connectivity index (χ1) is 15.5. The van der Waals surface area contributed by atoms with E-state index in [1.54, 1.807) is 12.1 Å². The van der Waals surface area contributed by atoms with Crippen molar-refractivity contribution in [2.45, 2.75) is 45.4 Å². The third-order valence-corrected chi connectivity index (χ3v) is 5.87. The Kier molecular flexibility index (Phi) is 6.32. The first-order valence-corrected chi connectivity index (χ1v) is 10.9. The van der Waals surface area contributed by atoms with Crippen LogP contribution in [-0.4, -0.2) is 5.97 Å². The maximum absolute atomic E-state index is 13.8. The first kappa shape index (κ1) is 21.7. The van der Waals surface area contributed by atoms with Gasteiger partial charge < -0.3 is 4.74 Å². The Hall–Kier alpha value is -3.52. The standard InChI is InChI=1S/C27H23F2NO2/c1-2-3-4-5-17-6-10-22-18(12-17)7-8-19-13-20(9-11-23(19)22)27(31)32-21-14-25(28)24(16-30)26(29)15-21/h6,9-15H,2-5,7-8H2,1H3. The number of hydrogen-bond donors (Lipinski definition) is 0. The van der Waals surface area contributed by atoms with Gasteiger partial charge in [0.1, 0.15) is 29.0 Å². The molecule has 0 bridgehead atoms. The third kappa shape index (κ3) is 4.40. The maximum atomic E-state index is 13.8. The molecule has 0 N–H and O–H groups in total. The first-order valence-electron chi connectivity index (χ1n) is 10.9. The van der Waals surface area contributed by atoms with E-state index in [4.69, 9.17) is 10.00 Å². The fourth-order valence-electron chi connectivity index (χ4n) is 4.19. The Labute approximate surface area is 186 Å². The van der Waals surface area contributed by atoms with E-state index in [1.165, 1.54) is 42.0 Å². The molecule has 3 aromatic carbocycles. The number of fused-ring (bicyclic) bond motifs is 3. The maximum Gasteiger partial charge on any atom is 0.343 e. The molecule has 0 atom stereocenters. The summed E-state index contributed by atoms with van der Waals surface area (Å²) < 4.78 is 32.7. The number of carbonyl (C=O) groups excluding carboxylic acids is 1. The normalized spacial score (nSPS) is 11.9. The lowest BCUT2D eigenvalue weighted by Gasteiger charge is -2.21. The van der Waals surface area contributed by atoms with Crippen molar-refractivity contribution < 1.29 is 18.3 Å². The predicted octanol–water partition coefficient (Wildman–Crippen LogP) is 6.55. The van der Waals surface area contributed by atoms with E-state index in [9.17, 15) is 13.6 Å². The average molecular weight is 431 g/mol. The minimum atomic E-state index is -1.06. The summed E-state index contributed by atoms with van der Waals surface area (Å²) in [6, 6.07) is 15.1. The van der Waals surface area contributed by atoms with Crippen LogP contribution in [0, 0.1) is 23.0 Å². The summed E-state index contributed by atoms with van der Waals surface area (Å²) in [5, 5.41) is 8.76. The largest absolute Gasteiger partial charge is 0.423 e. The zero-order chi connectivity index (χ0) is 22.7. The number of aryl methyl sites for hydroxylation is 3. The summed E-state index contributed by atoms with van der Waals surface area (Å²) in [7, 11) is 0. The molecule has 0 unspecified atom stereocenters. The molecule has 0 fully saturated rings. The minimum absolute atomic E-state index is 0.275. The number of nitriles is 1. The Morgan fingerprint density at radius 2 is 1.62 bits per heavy atom. The second-order valence-corrected chi connectivity index (χ2v) is 8.08. The Balaban J connectivity index is 1.54. The monoisotopic (exact) mass is 431 g/mol. The van der Waals surface area contributed by atoms with Gasteiger partial charge in [-0.25, -0.2) is 13.6 Å². The molecule has 32 heavy (non-hydrogen) atoms. The third-order valence-electron chi connectivity index (χ3n) is 5.87. The summed E-state index contributed by atoms with van der Waals surface area (Å²) in [6.45, 7) is 2.20. The molecule has 0 heterocycles. The second kappa shape index (κ2) is 9.32. The summed E-state index contributed by atoms with van der Waals surface area (Å²) in [5.74, 6) is -3.10. The molecule has 0 aromatic heterocycles. The lowest BCUT2D eigenvalue weighted by atomic mass is 9.83. The fourth-order valence-corrected chi connectivity index (χ4v) is 4.19. The zero-order valence-electron chi connectivity index (χ0n) is 17.9. The van der Waals surface area contributed by atoms with Crippen LogP contribution in [0.3, 0.4) is 0 Å². The van der Waals surface area contributed by atoms with Crippen molar-refractivity contribution in [2.75, 3.05) is 0 Å². The molecule has 0 saturated heterocycles. The molecule has 162 valence electrons. The van der Waals surface area contributed by atoms with Crippen molar-refractivity contribution in [3.05, 3.63) is 88.0 Å². The van der Waals surface area contributed by atoms with Crippen molar-refractivity contribution in [1.82, 2.24) is 0 Å². The van der Waals surface area contributed by atoms with Crippen molar-refractivity contribution in [3.63, 3.8) is 0 Å². The number of benzene rings is 3. The van der Waals surface area contributed by atoms with Crippen LogP contribution in [0.4, 0.5) is 8.78 Å². The smallest absolute Gasteiger partial charge is 0.343 e. The van der Waals surface area contributed by atoms with E-state index < -0.39 is 23.2 Å². The number of halogens is 2. The SMILES string of the molecule is CCCCCc1ccc2c(c1)CCc1cc(C(=O)Oc3cc(F)c(C#N)c(F)c3)ccc1-2. The van der Waals surface area contributed by atoms with Gasteiger partial charge in [0.05, 0.1) is 5.56 Å². The van der Waals surface area contributed by atoms with E-state index in [-0.39, 0.29) is 5.75 Å². The Morgan fingerprint density at radius 1 is 0.969 bits per heavy atom. The number of esters is 1. The van der Waals surface area contributed by atoms with Gasteiger partial charge in [-0.3, -0.25) is 0 Å². The van der Waals surface area contributed by atoms with Gasteiger partial charge in [0.2, 0.25) is 0 Å². The number of hydrogen-bond acceptors (Lipinski definition) is 3. The Bertz CT molecular complexity index is 1200. The van der Waals surface area contributed by atoms with Crippen molar-refractivity contribution in [1.29, 1.82) is 5.26 Å². The van der Waals surface area contributed by atoms with Crippen LogP contribution in [0.2, 0.25) is 0 Å². The van der Waals surface area contributed by atoms with Crippen molar-refractivity contribution in [2.24, 2.45) is 0 Å². The van der Waals surface area contributed by atoms with Crippen LogP contribution in [0.1, 0.15) is 58.8 Å². The lowest BCUT2D eigenvalue weighted by molar-refractivity contribution is 0.0734. The molecule has 0 radical (unpaired) electrons. The van der Waals surface area contributed by atoms with Gasteiger partial charge in [0.15, 0.2) is 0 Å². The highest BCUT2D eigenvalue weighted by molar-refractivity contribution is 5.92. The van der Waals surface area contributed by atoms with Gasteiger partial charge in [-0.15, -0.1) is 0 Å². The molecular weight excluding hydrogens is 408 g/mol. The second-order valence-electron chi connectivity index (χ2n) is 8.08. The van der Waals surface area contributed by atoms with Gasteiger partial charge in [-0.05, 0) is 65.6 Å². The minimum Gasteiger partial charge on any atom is -0.423 e. The number of ether oxygens (including phenoxy) is 1. The molecule has 5 heteroatoms. The quantitative estimate of drug-likeness (QED) is 0.252. The fraction of sp³-hybridized carbons (Fsp3) is 0.259. The van der Waals surface area contributed by atoms with Gasteiger partial charge in [-0.1, -0.05) is 44.0 Å². The summed E-state index contributed by atoms with van der Waals surface area (Å²) in [5.41, 5.74) is 5.62. The van der Waals surface area contributed by atoms with Crippen LogP contribution >= 0.6 is 0 Å². The van der Waals surface area contributed by atoms with Gasteiger partial charge in [-0.2, -0.15) is 5.26 Å². The molecule has 0 saturated carbocycles. The molecule has 0 amide bonds. The molecule has 3 aromatic rings. The predicted molar refractivity (Wildman–Crippen MR) is 119 cm³/mol. The summed E-state index contributed by atoms with van der Waals surface area (Å²) >= 11 is 0. The van der Waals surface area contributed by atoms with Crippen LogP contribution < -0.4 is 4.74 Å². The molecule has 0 spiro atoms. The van der Waals surface area contributed by atoms with E-state index in [1.807, 2.05) is 6.07 Å². The molecular formula is C27H23F2NO2. The molecule has 1 aliphatic carbocycles. The Morgan fingerprint density at radius 3 is 2.28 bits per heavy atom. The highest BCUT2D eigenvalue weighted by Crippen LogP contribution is 2.35. The van der Waals surface area contributed by atoms with Gasteiger partial charge in [0, 0.05) is 12.1 Å².